The lowest BCUT2D eigenvalue weighted by Crippen LogP contribution is -2.46. The van der Waals surface area contributed by atoms with Crippen LogP contribution in [0.25, 0.3) is 0 Å². The zero-order chi connectivity index (χ0) is 14.8. The minimum atomic E-state index is -1.97. The van der Waals surface area contributed by atoms with Crippen LogP contribution in [0.1, 0.15) is 29.3 Å². The molecule has 0 aromatic heterocycles. The van der Waals surface area contributed by atoms with Crippen molar-refractivity contribution in [2.45, 2.75) is 25.4 Å². The number of aliphatic hydroxyl groups is 1. The van der Waals surface area contributed by atoms with Crippen molar-refractivity contribution in [3.05, 3.63) is 29.3 Å². The molecule has 0 aliphatic carbocycles. The fourth-order valence-electron chi connectivity index (χ4n) is 2.15. The molecule has 1 heterocycles. The van der Waals surface area contributed by atoms with Gasteiger partial charge in [-0.2, -0.15) is 0 Å². The third-order valence-corrected chi connectivity index (χ3v) is 3.39. The van der Waals surface area contributed by atoms with Gasteiger partial charge in [0.25, 0.3) is 5.91 Å². The van der Waals surface area contributed by atoms with Crippen LogP contribution < -0.4 is 10.6 Å². The first kappa shape index (κ1) is 14.3. The molecule has 0 radical (unpaired) electrons. The van der Waals surface area contributed by atoms with Crippen LogP contribution in [0.4, 0.5) is 5.69 Å². The van der Waals surface area contributed by atoms with Crippen molar-refractivity contribution in [3.8, 4) is 0 Å². The van der Waals surface area contributed by atoms with Gasteiger partial charge in [-0.05, 0) is 37.5 Å². The number of aliphatic carboxylic acids is 1. The number of carboxylic acid groups (broad SMARTS) is 1. The Kier molecular flexibility index (Phi) is 3.94. The van der Waals surface area contributed by atoms with Gasteiger partial charge < -0.3 is 20.8 Å². The molecule has 1 aliphatic rings. The number of hydrogen-bond acceptors (Lipinski definition) is 4. The molecule has 1 unspecified atom stereocenters. The van der Waals surface area contributed by atoms with E-state index in [0.717, 1.165) is 37.6 Å². The summed E-state index contributed by atoms with van der Waals surface area (Å²) in [5.41, 5.74) is 0.430. The van der Waals surface area contributed by atoms with Crippen LogP contribution in [0.3, 0.4) is 0 Å². The molecule has 0 saturated heterocycles. The maximum Gasteiger partial charge on any atom is 0.337 e. The van der Waals surface area contributed by atoms with Crippen molar-refractivity contribution in [3.63, 3.8) is 0 Å². The monoisotopic (exact) mass is 278 g/mol. The average Bonchev–Trinajstić information content (AvgIpc) is 2.44. The maximum absolute atomic E-state index is 12.1. The van der Waals surface area contributed by atoms with Crippen molar-refractivity contribution < 1.29 is 19.8 Å². The number of rotatable bonds is 4. The Labute approximate surface area is 116 Å². The van der Waals surface area contributed by atoms with Gasteiger partial charge in [0.15, 0.2) is 5.60 Å². The molecule has 0 saturated carbocycles. The minimum absolute atomic E-state index is 0.335. The first-order valence-corrected chi connectivity index (χ1v) is 6.51. The van der Waals surface area contributed by atoms with Gasteiger partial charge in [0.2, 0.25) is 0 Å². The van der Waals surface area contributed by atoms with Crippen molar-refractivity contribution in [2.24, 2.45) is 0 Å². The molecule has 6 nitrogen and oxygen atoms in total. The Bertz CT molecular complexity index is 540. The minimum Gasteiger partial charge on any atom is -0.479 e. The Morgan fingerprint density at radius 2 is 2.20 bits per heavy atom. The number of nitrogens with one attached hydrogen (secondary N) is 2. The van der Waals surface area contributed by atoms with Crippen LogP contribution in [0, 0.1) is 0 Å². The largest absolute Gasteiger partial charge is 0.479 e. The fourth-order valence-corrected chi connectivity index (χ4v) is 2.15. The van der Waals surface area contributed by atoms with Crippen LogP contribution in [0.5, 0.6) is 0 Å². The van der Waals surface area contributed by atoms with E-state index in [1.54, 1.807) is 12.1 Å². The Morgan fingerprint density at radius 1 is 1.45 bits per heavy atom. The van der Waals surface area contributed by atoms with Gasteiger partial charge in [-0.25, -0.2) is 4.79 Å². The summed E-state index contributed by atoms with van der Waals surface area (Å²) in [5, 5.41) is 24.1. The van der Waals surface area contributed by atoms with Crippen LogP contribution in [0.15, 0.2) is 18.2 Å². The fraction of sp³-hybridized carbons (Fsp3) is 0.429. The van der Waals surface area contributed by atoms with Crippen molar-refractivity contribution in [1.29, 1.82) is 0 Å². The molecule has 1 amide bonds. The van der Waals surface area contributed by atoms with Crippen LogP contribution in [0.2, 0.25) is 0 Å². The van der Waals surface area contributed by atoms with E-state index in [1.807, 2.05) is 6.07 Å². The normalized spacial score (nSPS) is 16.5. The van der Waals surface area contributed by atoms with Crippen LogP contribution in [-0.2, 0) is 11.2 Å². The second kappa shape index (κ2) is 5.50. The third-order valence-electron chi connectivity index (χ3n) is 3.39. The predicted molar refractivity (Wildman–Crippen MR) is 73.8 cm³/mol. The van der Waals surface area contributed by atoms with E-state index >= 15 is 0 Å². The number of fused-ring (bicyclic) bond motifs is 1. The molecule has 1 aromatic rings. The lowest BCUT2D eigenvalue weighted by molar-refractivity contribution is -0.155. The van der Waals surface area contributed by atoms with Gasteiger partial charge in [-0.3, -0.25) is 4.79 Å². The van der Waals surface area contributed by atoms with E-state index in [-0.39, 0.29) is 12.5 Å². The quantitative estimate of drug-likeness (QED) is 0.647. The molecular formula is C14H18N2O4. The molecule has 6 heteroatoms. The van der Waals surface area contributed by atoms with E-state index in [0.29, 0.717) is 5.56 Å². The summed E-state index contributed by atoms with van der Waals surface area (Å²) in [6.07, 6.45) is 1.76. The van der Waals surface area contributed by atoms with Gasteiger partial charge >= 0.3 is 5.97 Å². The van der Waals surface area contributed by atoms with Crippen molar-refractivity contribution >= 4 is 17.6 Å². The lowest BCUT2D eigenvalue weighted by atomic mass is 9.97. The SMILES string of the molecule is CC(O)(CNC(=O)c1cccc2c1CCCN2)C(=O)O. The summed E-state index contributed by atoms with van der Waals surface area (Å²) in [6, 6.07) is 5.40. The predicted octanol–water partition coefficient (Wildman–Crippen LogP) is 0.610. The van der Waals surface area contributed by atoms with E-state index in [4.69, 9.17) is 5.11 Å². The number of carbonyl (C=O) groups excluding carboxylic acids is 1. The third kappa shape index (κ3) is 2.91. The van der Waals surface area contributed by atoms with Crippen molar-refractivity contribution in [2.75, 3.05) is 18.4 Å². The molecule has 1 aromatic carbocycles. The summed E-state index contributed by atoms with van der Waals surface area (Å²) >= 11 is 0. The molecule has 1 aliphatic heterocycles. The van der Waals surface area contributed by atoms with Gasteiger partial charge in [0, 0.05) is 17.8 Å². The highest BCUT2D eigenvalue weighted by Crippen LogP contribution is 2.25. The van der Waals surface area contributed by atoms with E-state index < -0.39 is 11.6 Å². The number of carbonyl (C=O) groups is 2. The van der Waals surface area contributed by atoms with Gasteiger partial charge in [0.05, 0.1) is 6.54 Å². The highest BCUT2D eigenvalue weighted by atomic mass is 16.4. The number of benzene rings is 1. The molecule has 108 valence electrons. The summed E-state index contributed by atoms with van der Waals surface area (Å²) < 4.78 is 0. The summed E-state index contributed by atoms with van der Waals surface area (Å²) in [7, 11) is 0. The highest BCUT2D eigenvalue weighted by Gasteiger charge is 2.30. The zero-order valence-electron chi connectivity index (χ0n) is 11.3. The molecule has 2 rings (SSSR count). The second-order valence-corrected chi connectivity index (χ2v) is 5.12. The molecule has 1 atom stereocenters. The molecule has 20 heavy (non-hydrogen) atoms. The first-order chi connectivity index (χ1) is 9.42. The number of anilines is 1. The molecule has 4 N–H and O–H groups in total. The topological polar surface area (TPSA) is 98.7 Å². The summed E-state index contributed by atoms with van der Waals surface area (Å²) in [5.74, 6) is -1.73. The number of hydrogen-bond donors (Lipinski definition) is 4. The average molecular weight is 278 g/mol. The molecular weight excluding hydrogens is 260 g/mol. The first-order valence-electron chi connectivity index (χ1n) is 6.51. The van der Waals surface area contributed by atoms with Crippen molar-refractivity contribution in [1.82, 2.24) is 5.32 Å². The van der Waals surface area contributed by atoms with Crippen LogP contribution in [-0.4, -0.2) is 40.8 Å². The van der Waals surface area contributed by atoms with Gasteiger partial charge in [-0.1, -0.05) is 6.07 Å². The number of amides is 1. The van der Waals surface area contributed by atoms with E-state index in [2.05, 4.69) is 10.6 Å². The van der Waals surface area contributed by atoms with Crippen LogP contribution >= 0.6 is 0 Å². The highest BCUT2D eigenvalue weighted by molar-refractivity contribution is 5.97. The van der Waals surface area contributed by atoms with Gasteiger partial charge in [-0.15, -0.1) is 0 Å². The Hall–Kier alpha value is -2.08. The molecule has 0 fully saturated rings. The number of carboxylic acids is 1. The Balaban J connectivity index is 2.12. The van der Waals surface area contributed by atoms with E-state index in [1.165, 1.54) is 0 Å². The summed E-state index contributed by atoms with van der Waals surface area (Å²) in [4.78, 5) is 22.9. The smallest absolute Gasteiger partial charge is 0.337 e. The van der Waals surface area contributed by atoms with Gasteiger partial charge in [0.1, 0.15) is 0 Å². The summed E-state index contributed by atoms with van der Waals surface area (Å²) in [6.45, 7) is 1.70. The molecule has 0 bridgehead atoms. The lowest BCUT2D eigenvalue weighted by Gasteiger charge is -2.22. The van der Waals surface area contributed by atoms with E-state index in [9.17, 15) is 14.7 Å². The second-order valence-electron chi connectivity index (χ2n) is 5.12. The Morgan fingerprint density at radius 3 is 2.90 bits per heavy atom. The maximum atomic E-state index is 12.1. The zero-order valence-corrected chi connectivity index (χ0v) is 11.3. The standard InChI is InChI=1S/C14H18N2O4/c1-14(20,13(18)19)8-16-12(17)10-4-2-6-11-9(10)5-3-7-15-11/h2,4,6,15,20H,3,5,7-8H2,1H3,(H,16,17)(H,18,19). The molecule has 0 spiro atoms.